The van der Waals surface area contributed by atoms with Gasteiger partial charge in [-0.1, -0.05) is 66.4 Å². The molecular weight excluding hydrogens is 466 g/mol. The second-order valence-corrected chi connectivity index (χ2v) is 12.9. The summed E-state index contributed by atoms with van der Waals surface area (Å²) < 4.78 is 0. The summed E-state index contributed by atoms with van der Waals surface area (Å²) in [5.74, 6) is 1.36. The Labute approximate surface area is 224 Å². The Balaban J connectivity index is 0.000000840. The molecule has 1 aromatic heterocycles. The van der Waals surface area contributed by atoms with Crippen LogP contribution in [0.2, 0.25) is 0 Å². The summed E-state index contributed by atoms with van der Waals surface area (Å²) in [6.07, 6.45) is 16.4. The summed E-state index contributed by atoms with van der Waals surface area (Å²) in [4.78, 5) is 16.0. The largest absolute Gasteiger partial charge is 0.477 e. The highest BCUT2D eigenvalue weighted by molar-refractivity contribution is 7.15. The second kappa shape index (κ2) is 14.0. The number of rotatable bonds is 7. The van der Waals surface area contributed by atoms with Crippen LogP contribution in [0.4, 0.5) is 5.69 Å². The second-order valence-electron chi connectivity index (χ2n) is 11.9. The Hall–Kier alpha value is -1.33. The number of allylic oxidation sites excluding steroid dienone is 2. The highest BCUT2D eigenvalue weighted by Gasteiger charge is 2.38. The van der Waals surface area contributed by atoms with Crippen molar-refractivity contribution in [3.05, 3.63) is 21.9 Å². The maximum Gasteiger partial charge on any atom is 0.348 e. The van der Waals surface area contributed by atoms with E-state index in [1.165, 1.54) is 42.6 Å². The van der Waals surface area contributed by atoms with Gasteiger partial charge < -0.3 is 15.1 Å². The number of anilines is 1. The maximum atomic E-state index is 12.3. The van der Waals surface area contributed by atoms with Crippen molar-refractivity contribution in [2.75, 3.05) is 4.90 Å². The van der Waals surface area contributed by atoms with E-state index in [2.05, 4.69) is 51.7 Å². The van der Waals surface area contributed by atoms with E-state index in [1.54, 1.807) is 0 Å². The Bertz CT molecular complexity index is 852. The molecule has 1 heterocycles. The van der Waals surface area contributed by atoms with Gasteiger partial charge >= 0.3 is 5.97 Å². The molecule has 4 unspecified atom stereocenters. The zero-order valence-corrected chi connectivity index (χ0v) is 24.3. The molecule has 0 spiro atoms. The lowest BCUT2D eigenvalue weighted by molar-refractivity contribution is 0.0562. The van der Waals surface area contributed by atoms with Crippen molar-refractivity contribution in [3.8, 4) is 0 Å². The molecule has 5 heteroatoms. The van der Waals surface area contributed by atoms with Gasteiger partial charge in [0.1, 0.15) is 11.1 Å². The number of carbonyl (C=O) groups is 1. The Morgan fingerprint density at radius 3 is 2.28 bits per heavy atom. The molecule has 3 aliphatic rings. The van der Waals surface area contributed by atoms with E-state index in [9.17, 15) is 15.0 Å². The maximum absolute atomic E-state index is 12.3. The number of unbranched alkanes of at least 4 members (excludes halogenated alkanes) is 1. The molecule has 0 amide bonds. The molecule has 2 saturated carbocycles. The number of carboxylic acids is 1. The van der Waals surface area contributed by atoms with Crippen LogP contribution in [0.25, 0.3) is 5.57 Å². The number of hydrogen-bond acceptors (Lipinski definition) is 4. The van der Waals surface area contributed by atoms with Gasteiger partial charge in [0.05, 0.1) is 5.69 Å². The lowest BCUT2D eigenvalue weighted by Gasteiger charge is -2.45. The predicted octanol–water partition coefficient (Wildman–Crippen LogP) is 8.99. The predicted molar refractivity (Wildman–Crippen MR) is 154 cm³/mol. The molecule has 0 aliphatic heterocycles. The molecule has 1 aromatic rings. The topological polar surface area (TPSA) is 60.8 Å². The van der Waals surface area contributed by atoms with Crippen LogP contribution < -0.4 is 4.90 Å². The molecule has 204 valence electrons. The molecule has 0 aromatic carbocycles. The van der Waals surface area contributed by atoms with Gasteiger partial charge in [0.25, 0.3) is 0 Å². The van der Waals surface area contributed by atoms with Gasteiger partial charge in [0, 0.05) is 16.8 Å². The Morgan fingerprint density at radius 2 is 1.72 bits per heavy atom. The van der Waals surface area contributed by atoms with Crippen LogP contribution in [0.1, 0.15) is 133 Å². The number of carboxylic acid groups (broad SMARTS) is 1. The monoisotopic (exact) mass is 517 g/mol. The molecule has 0 radical (unpaired) electrons. The fraction of sp³-hybridized carbons (Fsp3) is 0.774. The van der Waals surface area contributed by atoms with Crippen LogP contribution in [-0.4, -0.2) is 28.5 Å². The number of hydrogen-bond donors (Lipinski definition) is 2. The van der Waals surface area contributed by atoms with Gasteiger partial charge in [-0.15, -0.1) is 11.3 Å². The van der Waals surface area contributed by atoms with Crippen molar-refractivity contribution in [3.63, 3.8) is 0 Å². The van der Waals surface area contributed by atoms with Gasteiger partial charge in [-0.2, -0.15) is 0 Å². The van der Waals surface area contributed by atoms with Crippen molar-refractivity contribution < 1.29 is 15.0 Å². The third kappa shape index (κ3) is 7.37. The van der Waals surface area contributed by atoms with Crippen molar-refractivity contribution in [2.24, 2.45) is 23.7 Å². The summed E-state index contributed by atoms with van der Waals surface area (Å²) in [5.41, 5.74) is 2.06. The first-order valence-electron chi connectivity index (χ1n) is 14.8. The number of nitrogens with zero attached hydrogens (tertiary/aromatic N) is 1. The third-order valence-corrected chi connectivity index (χ3v) is 10.2. The summed E-state index contributed by atoms with van der Waals surface area (Å²) in [6.45, 7) is 11.3. The van der Waals surface area contributed by atoms with Crippen molar-refractivity contribution in [2.45, 2.75) is 130 Å². The highest BCUT2D eigenvalue weighted by Crippen LogP contribution is 2.44. The zero-order chi connectivity index (χ0) is 26.2. The summed E-state index contributed by atoms with van der Waals surface area (Å²) in [5, 5.41) is 21.9. The summed E-state index contributed by atoms with van der Waals surface area (Å²) >= 11 is 1.41. The minimum absolute atomic E-state index is 0.205. The molecule has 2 fully saturated rings. The Kier molecular flexibility index (Phi) is 11.4. The van der Waals surface area contributed by atoms with Gasteiger partial charge in [-0.3, -0.25) is 0 Å². The first kappa shape index (κ1) is 29.2. The molecule has 2 N–H and O–H groups in total. The van der Waals surface area contributed by atoms with E-state index >= 15 is 0 Å². The number of thiophene rings is 1. The third-order valence-electron chi connectivity index (χ3n) is 9.02. The summed E-state index contributed by atoms with van der Waals surface area (Å²) in [7, 11) is 0. The van der Waals surface area contributed by atoms with Gasteiger partial charge in [-0.05, 0) is 87.2 Å². The van der Waals surface area contributed by atoms with Crippen LogP contribution in [0.3, 0.4) is 0 Å². The summed E-state index contributed by atoms with van der Waals surface area (Å²) in [6, 6.07) is 2.30. The standard InChI is InChI=1S/C27H41NO3S.C4H10/c1-17-9-12-21(13-10-17)26(29)28(22-14-11-18(2)19(3)15-22)23-16-24(32-25(23)27(30)31)20-7-5-4-6-8-20;1-3-4-2/h7,16-19,21-22,26,29H,4-6,8-15H2,1-3H3,(H,30,31);3-4H2,1-2H3. The average Bonchev–Trinajstić information content (AvgIpc) is 3.33. The van der Waals surface area contributed by atoms with Crippen LogP contribution in [0, 0.1) is 23.7 Å². The molecule has 0 bridgehead atoms. The molecule has 0 saturated heterocycles. The van der Waals surface area contributed by atoms with Crippen LogP contribution in [0.15, 0.2) is 12.1 Å². The van der Waals surface area contributed by atoms with Crippen molar-refractivity contribution >= 4 is 28.6 Å². The van der Waals surface area contributed by atoms with Crippen molar-refractivity contribution in [1.29, 1.82) is 0 Å². The van der Waals surface area contributed by atoms with Gasteiger partial charge in [0.15, 0.2) is 0 Å². The highest BCUT2D eigenvalue weighted by atomic mass is 32.1. The normalized spacial score (nSPS) is 29.5. The van der Waals surface area contributed by atoms with Crippen LogP contribution in [0.5, 0.6) is 0 Å². The first-order valence-corrected chi connectivity index (χ1v) is 15.6. The minimum atomic E-state index is -0.862. The zero-order valence-electron chi connectivity index (χ0n) is 23.5. The van der Waals surface area contributed by atoms with Crippen molar-refractivity contribution in [1.82, 2.24) is 0 Å². The van der Waals surface area contributed by atoms with Gasteiger partial charge in [0.2, 0.25) is 0 Å². The molecular formula is C31H51NO3S. The number of aromatic carboxylic acids is 1. The SMILES string of the molecule is CC1CCC(C(O)N(c2cc(C3=CCCCC3)sc2C(=O)O)C2CCC(C)C(C)C2)CC1.CCCC. The van der Waals surface area contributed by atoms with E-state index in [0.717, 1.165) is 74.3 Å². The smallest absolute Gasteiger partial charge is 0.348 e. The fourth-order valence-corrected chi connectivity index (χ4v) is 7.15. The molecule has 4 nitrogen and oxygen atoms in total. The quantitative estimate of drug-likeness (QED) is 0.354. The Morgan fingerprint density at radius 1 is 1.03 bits per heavy atom. The van der Waals surface area contributed by atoms with E-state index in [4.69, 9.17) is 0 Å². The lowest BCUT2D eigenvalue weighted by atomic mass is 9.77. The molecule has 4 rings (SSSR count). The minimum Gasteiger partial charge on any atom is -0.477 e. The van der Waals surface area contributed by atoms with Gasteiger partial charge in [-0.25, -0.2) is 4.79 Å². The molecule has 4 atom stereocenters. The fourth-order valence-electron chi connectivity index (χ4n) is 6.08. The lowest BCUT2D eigenvalue weighted by Crippen LogP contribution is -2.50. The van der Waals surface area contributed by atoms with Crippen LogP contribution >= 0.6 is 11.3 Å². The molecule has 3 aliphatic carbocycles. The first-order chi connectivity index (χ1) is 17.3. The van der Waals surface area contributed by atoms with E-state index in [-0.39, 0.29) is 12.0 Å². The van der Waals surface area contributed by atoms with Crippen LogP contribution in [-0.2, 0) is 0 Å². The van der Waals surface area contributed by atoms with E-state index in [0.29, 0.717) is 16.7 Å². The average molecular weight is 518 g/mol. The molecule has 36 heavy (non-hydrogen) atoms. The van der Waals surface area contributed by atoms with E-state index < -0.39 is 12.2 Å². The number of aliphatic hydroxyl groups is 1. The van der Waals surface area contributed by atoms with E-state index in [1.807, 2.05) is 0 Å². The number of aliphatic hydroxyl groups excluding tert-OH is 1.